The second kappa shape index (κ2) is 11.2. The Labute approximate surface area is 197 Å². The molecule has 3 saturated carbocycles. The molecule has 3 rings (SSSR count). The van der Waals surface area contributed by atoms with E-state index in [1.807, 2.05) is 0 Å². The van der Waals surface area contributed by atoms with Gasteiger partial charge in [0.25, 0.3) is 0 Å². The molecular weight excluding hydrogens is 400 g/mol. The number of methoxy groups -OCH3 is 2. The number of carbonyl (C=O) groups is 1. The van der Waals surface area contributed by atoms with Crippen molar-refractivity contribution in [2.75, 3.05) is 20.8 Å². The molecule has 0 aromatic rings. The Bertz CT molecular complexity index is 602. The van der Waals surface area contributed by atoms with E-state index in [0.717, 1.165) is 49.4 Å². The van der Waals surface area contributed by atoms with Gasteiger partial charge in [-0.05, 0) is 92.3 Å². The minimum atomic E-state index is -0.601. The van der Waals surface area contributed by atoms with Crippen molar-refractivity contribution in [2.24, 2.45) is 40.9 Å². The van der Waals surface area contributed by atoms with Crippen LogP contribution >= 0.6 is 0 Å². The third-order valence-corrected chi connectivity index (χ3v) is 10.1. The lowest BCUT2D eigenvalue weighted by molar-refractivity contribution is -0.141. The number of aliphatic hydroxyl groups is 1. The summed E-state index contributed by atoms with van der Waals surface area (Å²) in [7, 11) is 3.21. The molecule has 0 spiro atoms. The summed E-state index contributed by atoms with van der Waals surface area (Å²) in [6.07, 6.45) is 15.0. The molecule has 186 valence electrons. The third kappa shape index (κ3) is 5.71. The number of ether oxygens (including phenoxy) is 2. The molecule has 0 bridgehead atoms. The van der Waals surface area contributed by atoms with Crippen molar-refractivity contribution in [3.63, 3.8) is 0 Å². The Hall–Kier alpha value is -0.610. The second-order valence-corrected chi connectivity index (χ2v) is 12.0. The molecule has 3 aliphatic carbocycles. The SMILES string of the molecule is CCC1CCC2(C)C(CC[C@@H]2[C@H](C)CCC(=O)OC)C1CC[C@@H]1CCC[C@@](O)(COC)C1. The Morgan fingerprint density at radius 3 is 2.59 bits per heavy atom. The predicted molar refractivity (Wildman–Crippen MR) is 129 cm³/mol. The molecular formula is C28H50O4. The van der Waals surface area contributed by atoms with Crippen molar-refractivity contribution in [1.82, 2.24) is 0 Å². The molecule has 1 N–H and O–H groups in total. The lowest BCUT2D eigenvalue weighted by Gasteiger charge is -2.50. The number of rotatable bonds is 10. The molecule has 0 aromatic heterocycles. The highest BCUT2D eigenvalue weighted by atomic mass is 16.5. The summed E-state index contributed by atoms with van der Waals surface area (Å²) >= 11 is 0. The molecule has 0 heterocycles. The highest BCUT2D eigenvalue weighted by Gasteiger charge is 2.54. The van der Waals surface area contributed by atoms with E-state index in [1.54, 1.807) is 7.11 Å². The number of hydrogen-bond donors (Lipinski definition) is 1. The van der Waals surface area contributed by atoms with Crippen LogP contribution in [0.2, 0.25) is 0 Å². The zero-order valence-corrected chi connectivity index (χ0v) is 21.5. The number of hydrogen-bond acceptors (Lipinski definition) is 4. The van der Waals surface area contributed by atoms with Gasteiger partial charge in [-0.25, -0.2) is 0 Å². The first-order valence-electron chi connectivity index (χ1n) is 13.5. The van der Waals surface area contributed by atoms with Crippen molar-refractivity contribution < 1.29 is 19.4 Å². The van der Waals surface area contributed by atoms with E-state index in [1.165, 1.54) is 58.5 Å². The molecule has 8 atom stereocenters. The molecule has 0 amide bonds. The molecule has 4 nitrogen and oxygen atoms in total. The fourth-order valence-corrected chi connectivity index (χ4v) is 8.47. The molecule has 0 saturated heterocycles. The van der Waals surface area contributed by atoms with Crippen molar-refractivity contribution >= 4 is 5.97 Å². The zero-order valence-electron chi connectivity index (χ0n) is 21.5. The van der Waals surface area contributed by atoms with E-state index in [-0.39, 0.29) is 5.97 Å². The maximum atomic E-state index is 11.7. The van der Waals surface area contributed by atoms with Gasteiger partial charge in [0.2, 0.25) is 0 Å². The molecule has 0 aliphatic heterocycles. The maximum absolute atomic E-state index is 11.7. The summed E-state index contributed by atoms with van der Waals surface area (Å²) in [5, 5.41) is 10.9. The smallest absolute Gasteiger partial charge is 0.305 e. The molecule has 3 fully saturated rings. The van der Waals surface area contributed by atoms with Crippen molar-refractivity contribution in [3.8, 4) is 0 Å². The van der Waals surface area contributed by atoms with Crippen LogP contribution in [-0.4, -0.2) is 37.5 Å². The molecule has 4 heteroatoms. The quantitative estimate of drug-likeness (QED) is 0.392. The summed E-state index contributed by atoms with van der Waals surface area (Å²) in [6, 6.07) is 0. The van der Waals surface area contributed by atoms with E-state index in [4.69, 9.17) is 9.47 Å². The summed E-state index contributed by atoms with van der Waals surface area (Å²) in [5.74, 6) is 4.42. The largest absolute Gasteiger partial charge is 0.469 e. The topological polar surface area (TPSA) is 55.8 Å². The molecule has 0 radical (unpaired) electrons. The zero-order chi connectivity index (χ0) is 23.4. The number of fused-ring (bicyclic) bond motifs is 1. The molecule has 3 aliphatic rings. The fraction of sp³-hybridized carbons (Fsp3) is 0.964. The summed E-state index contributed by atoms with van der Waals surface area (Å²) in [4.78, 5) is 11.7. The van der Waals surface area contributed by atoms with Crippen LogP contribution in [0.3, 0.4) is 0 Å². The van der Waals surface area contributed by atoms with Gasteiger partial charge in [-0.3, -0.25) is 4.79 Å². The normalized spacial score (nSPS) is 40.6. The summed E-state index contributed by atoms with van der Waals surface area (Å²) < 4.78 is 10.2. The van der Waals surface area contributed by atoms with Gasteiger partial charge >= 0.3 is 5.97 Å². The Kier molecular flexibility index (Phi) is 9.11. The van der Waals surface area contributed by atoms with Gasteiger partial charge < -0.3 is 14.6 Å². The first kappa shape index (κ1) is 26.0. The van der Waals surface area contributed by atoms with Crippen LogP contribution < -0.4 is 0 Å². The third-order valence-electron chi connectivity index (χ3n) is 10.1. The molecule has 32 heavy (non-hydrogen) atoms. The van der Waals surface area contributed by atoms with Gasteiger partial charge in [0.05, 0.1) is 19.3 Å². The monoisotopic (exact) mass is 450 g/mol. The van der Waals surface area contributed by atoms with Gasteiger partial charge in [0, 0.05) is 13.5 Å². The molecule has 4 unspecified atom stereocenters. The Morgan fingerprint density at radius 2 is 1.91 bits per heavy atom. The van der Waals surface area contributed by atoms with Crippen molar-refractivity contribution in [3.05, 3.63) is 0 Å². The fourth-order valence-electron chi connectivity index (χ4n) is 8.47. The average molecular weight is 451 g/mol. The summed E-state index contributed by atoms with van der Waals surface area (Å²) in [6.45, 7) is 7.83. The van der Waals surface area contributed by atoms with Gasteiger partial charge in [-0.15, -0.1) is 0 Å². The van der Waals surface area contributed by atoms with E-state index in [9.17, 15) is 9.90 Å². The highest BCUT2D eigenvalue weighted by molar-refractivity contribution is 5.69. The second-order valence-electron chi connectivity index (χ2n) is 12.0. The molecule has 0 aromatic carbocycles. The lowest BCUT2D eigenvalue weighted by Crippen LogP contribution is -2.43. The minimum absolute atomic E-state index is 0.0648. The van der Waals surface area contributed by atoms with Gasteiger partial charge in [-0.1, -0.05) is 46.5 Å². The van der Waals surface area contributed by atoms with Crippen LogP contribution in [0, 0.1) is 40.9 Å². The average Bonchev–Trinajstić information content (AvgIpc) is 3.12. The van der Waals surface area contributed by atoms with Crippen molar-refractivity contribution in [1.29, 1.82) is 0 Å². The lowest BCUT2D eigenvalue weighted by atomic mass is 9.55. The van der Waals surface area contributed by atoms with Crippen LogP contribution in [0.1, 0.15) is 104 Å². The van der Waals surface area contributed by atoms with Crippen molar-refractivity contribution in [2.45, 2.75) is 110 Å². The Balaban J connectivity index is 1.63. The maximum Gasteiger partial charge on any atom is 0.305 e. The first-order valence-corrected chi connectivity index (χ1v) is 13.5. The Morgan fingerprint density at radius 1 is 1.12 bits per heavy atom. The van der Waals surface area contributed by atoms with E-state index in [0.29, 0.717) is 30.3 Å². The van der Waals surface area contributed by atoms with Crippen LogP contribution in [0.15, 0.2) is 0 Å². The predicted octanol–water partition coefficient (Wildman–Crippen LogP) is 6.39. The standard InChI is InChI=1S/C28H50O4/c1-6-22-15-17-27(3)24(20(2)9-14-26(29)32-5)12-13-25(27)23(22)11-10-21-8-7-16-28(30,18-21)19-31-4/h20-25,30H,6-19H2,1-5H3/t20-,21+,22?,23?,24-,25?,27?,28+/m1/s1. The van der Waals surface area contributed by atoms with Crippen LogP contribution in [-0.2, 0) is 14.3 Å². The first-order chi connectivity index (χ1) is 15.3. The van der Waals surface area contributed by atoms with Gasteiger partial charge in [0.1, 0.15) is 0 Å². The van der Waals surface area contributed by atoms with E-state index >= 15 is 0 Å². The van der Waals surface area contributed by atoms with Gasteiger partial charge in [-0.2, -0.15) is 0 Å². The summed E-state index contributed by atoms with van der Waals surface area (Å²) in [5.41, 5.74) is -0.175. The van der Waals surface area contributed by atoms with Crippen LogP contribution in [0.4, 0.5) is 0 Å². The van der Waals surface area contributed by atoms with Crippen LogP contribution in [0.25, 0.3) is 0 Å². The number of esters is 1. The van der Waals surface area contributed by atoms with Gasteiger partial charge in [0.15, 0.2) is 0 Å². The van der Waals surface area contributed by atoms with E-state index in [2.05, 4.69) is 20.8 Å². The minimum Gasteiger partial charge on any atom is -0.469 e. The van der Waals surface area contributed by atoms with E-state index < -0.39 is 5.60 Å². The van der Waals surface area contributed by atoms with Crippen LogP contribution in [0.5, 0.6) is 0 Å². The highest BCUT2D eigenvalue weighted by Crippen LogP contribution is 2.62. The number of carbonyl (C=O) groups excluding carboxylic acids is 1.